The van der Waals surface area contributed by atoms with Crippen LogP contribution in [0.2, 0.25) is 0 Å². The number of aliphatic hydroxyl groups is 2. The normalized spacial score (nSPS) is 24.9. The molecule has 2 aromatic rings. The average molecular weight is 1140 g/mol. The van der Waals surface area contributed by atoms with Crippen LogP contribution in [0.4, 0.5) is 4.79 Å². The molecular formula is C51H69N11O17S. The summed E-state index contributed by atoms with van der Waals surface area (Å²) in [4.78, 5) is 169. The molecule has 6 rings (SSSR count). The first kappa shape index (κ1) is 61.4. The number of rotatable bonds is 16. The molecule has 4 aliphatic heterocycles. The number of H-pyrrole nitrogens is 1. The summed E-state index contributed by atoms with van der Waals surface area (Å²) in [5.41, 5.74) is 0.827. The van der Waals surface area contributed by atoms with E-state index in [2.05, 4.69) is 47.5 Å². The number of hydrogen-bond donors (Lipinski definition) is 12. The molecule has 0 spiro atoms. The summed E-state index contributed by atoms with van der Waals surface area (Å²) in [6.45, 7) is 2.15. The van der Waals surface area contributed by atoms with E-state index in [-0.39, 0.29) is 25.3 Å². The Morgan fingerprint density at radius 1 is 0.825 bits per heavy atom. The summed E-state index contributed by atoms with van der Waals surface area (Å²) in [5, 5.41) is 52.2. The predicted octanol–water partition coefficient (Wildman–Crippen LogP) is -2.81. The van der Waals surface area contributed by atoms with Gasteiger partial charge in [-0.1, -0.05) is 27.2 Å². The Labute approximate surface area is 463 Å². The second kappa shape index (κ2) is 28.4. The van der Waals surface area contributed by atoms with Crippen molar-refractivity contribution in [2.45, 2.75) is 126 Å². The first-order valence-corrected chi connectivity index (χ1v) is 27.3. The molecule has 1 aromatic heterocycles. The van der Waals surface area contributed by atoms with Gasteiger partial charge in [-0.2, -0.15) is 0 Å². The average Bonchev–Trinajstić information content (AvgIpc) is 4.15. The van der Waals surface area contributed by atoms with Crippen LogP contribution in [0.25, 0.3) is 10.9 Å². The topological polar surface area (TPSA) is 402 Å². The molecule has 12 N–H and O–H groups in total. The number of aromatic nitrogens is 1. The van der Waals surface area contributed by atoms with Crippen LogP contribution in [0.5, 0.6) is 5.75 Å². The third-order valence-electron chi connectivity index (χ3n) is 14.3. The molecule has 1 aromatic carbocycles. The van der Waals surface area contributed by atoms with Gasteiger partial charge < -0.3 is 77.2 Å². The van der Waals surface area contributed by atoms with Crippen molar-refractivity contribution in [1.82, 2.24) is 57.3 Å². The van der Waals surface area contributed by atoms with Crippen molar-refractivity contribution in [3.05, 3.63) is 35.9 Å². The van der Waals surface area contributed by atoms with Crippen molar-refractivity contribution >= 4 is 93.8 Å². The van der Waals surface area contributed by atoms with Crippen molar-refractivity contribution < 1.29 is 82.3 Å². The Bertz CT molecular complexity index is 2720. The molecule has 1 fully saturated rings. The third kappa shape index (κ3) is 15.9. The standard InChI is InChI=1S/C51H69N11O17S/c1-5-25(2)42-47(74)54-20-37(65)55-34-24-80-49-30(29-10-9-27(78-4)17-32(29)58-49)19-33(44(71)53-21-38(66)59-42)57-48(75)43(26(3)36(64)23-63)60-46(73)35-18-28(22-62(35)50(76)31(56-45(34)72)11-14-41(69)70)79-51(77)52-15-7-6-8-16-61-39(67)12-13-40(61)68/h9-10,12-13,17,25-26,28,31,33-36,42-43,58,63-64H,5-8,11,14-16,18-24H2,1-4H3,(H,52,77)(H,53,71)(H,54,74)(H,55,65)(H,56,72)(H,57,75)(H,59,66)(H,60,73)(H,69,70)/t25-,26-,28+,31-,33-,34-,35?,36-,42?,43+/m0/s1. The second-order valence-corrected chi connectivity index (χ2v) is 20.9. The molecule has 1 saturated heterocycles. The van der Waals surface area contributed by atoms with Gasteiger partial charge >= 0.3 is 12.1 Å². The lowest BCUT2D eigenvalue weighted by atomic mass is 9.93. The number of aromatic amines is 1. The third-order valence-corrected chi connectivity index (χ3v) is 15.5. The van der Waals surface area contributed by atoms with Gasteiger partial charge in [-0.3, -0.25) is 57.6 Å². The molecule has 80 heavy (non-hydrogen) atoms. The quantitative estimate of drug-likeness (QED) is 0.0596. The molecule has 2 bridgehead atoms. The van der Waals surface area contributed by atoms with Gasteiger partial charge in [0.1, 0.15) is 48.1 Å². The summed E-state index contributed by atoms with van der Waals surface area (Å²) in [7, 11) is 1.44. The first-order valence-electron chi connectivity index (χ1n) is 26.3. The SMILES string of the molecule is CC[C@H](C)C1NC(=O)CNC(=O)[C@@H]2Cc3c([nH]c4cc(OC)ccc34)SC[C@H](NC(=O)CNC1=O)C(=O)N[C@@H](CCC(=O)O)C(=O)N1C[C@H](OC(=O)NCCCCCN3C(=O)C=CC3=O)CC1C(=O)N[C@H]([C@@H](C)[C@@H](O)CO)C(=O)N2. The minimum absolute atomic E-state index is 0.0758. The number of benzene rings is 1. The van der Waals surface area contributed by atoms with Gasteiger partial charge in [0.15, 0.2) is 0 Å². The van der Waals surface area contributed by atoms with Gasteiger partial charge in [-0.05, 0) is 49.3 Å². The van der Waals surface area contributed by atoms with Gasteiger partial charge in [0, 0.05) is 67.6 Å². The number of thioether (sulfide) groups is 1. The van der Waals surface area contributed by atoms with E-state index in [4.69, 9.17) is 9.47 Å². The van der Waals surface area contributed by atoms with Crippen LogP contribution in [-0.4, -0.2) is 202 Å². The number of aliphatic carboxylic acids is 1. The van der Waals surface area contributed by atoms with Crippen LogP contribution in [0.15, 0.2) is 35.4 Å². The van der Waals surface area contributed by atoms with Crippen molar-refractivity contribution in [2.75, 3.05) is 52.2 Å². The van der Waals surface area contributed by atoms with Crippen molar-refractivity contribution in [1.29, 1.82) is 0 Å². The van der Waals surface area contributed by atoms with E-state index in [0.717, 1.165) is 21.6 Å². The predicted molar refractivity (Wildman–Crippen MR) is 282 cm³/mol. The lowest BCUT2D eigenvalue weighted by molar-refractivity contribution is -0.144. The number of fused-ring (bicyclic) bond motifs is 5. The van der Waals surface area contributed by atoms with Gasteiger partial charge in [0.2, 0.25) is 47.3 Å². The minimum atomic E-state index is -1.80. The first-order chi connectivity index (χ1) is 38.1. The molecule has 436 valence electrons. The number of carboxylic acids is 1. The van der Waals surface area contributed by atoms with E-state index >= 15 is 0 Å². The van der Waals surface area contributed by atoms with Gasteiger partial charge in [-0.15, -0.1) is 11.8 Å². The van der Waals surface area contributed by atoms with Crippen LogP contribution in [0, 0.1) is 11.8 Å². The van der Waals surface area contributed by atoms with Crippen molar-refractivity contribution in [3.8, 4) is 5.75 Å². The summed E-state index contributed by atoms with van der Waals surface area (Å²) < 4.78 is 11.1. The number of carbonyl (C=O) groups is 12. The number of unbranched alkanes of at least 4 members (excludes halogenated alkanes) is 2. The van der Waals surface area contributed by atoms with E-state index in [0.29, 0.717) is 52.9 Å². The van der Waals surface area contributed by atoms with Crippen LogP contribution < -0.4 is 47.3 Å². The smallest absolute Gasteiger partial charge is 0.407 e. The van der Waals surface area contributed by atoms with Gasteiger partial charge in [0.25, 0.3) is 11.8 Å². The maximum Gasteiger partial charge on any atom is 0.407 e. The largest absolute Gasteiger partial charge is 0.497 e. The molecule has 0 saturated carbocycles. The second-order valence-electron chi connectivity index (χ2n) is 19.9. The van der Waals surface area contributed by atoms with Gasteiger partial charge in [0.05, 0.1) is 50.0 Å². The molecule has 5 heterocycles. The number of amides is 11. The number of carbonyl (C=O) groups excluding carboxylic acids is 11. The molecule has 29 heteroatoms. The summed E-state index contributed by atoms with van der Waals surface area (Å²) >= 11 is 0.970. The van der Waals surface area contributed by atoms with Crippen LogP contribution >= 0.6 is 11.8 Å². The number of ether oxygens (including phenoxy) is 2. The lowest BCUT2D eigenvalue weighted by Crippen LogP contribution is -2.61. The number of carboxylic acid groups (broad SMARTS) is 1. The molecule has 10 atom stereocenters. The monoisotopic (exact) mass is 1140 g/mol. The van der Waals surface area contributed by atoms with E-state index in [1.807, 2.05) is 0 Å². The Morgan fingerprint density at radius 3 is 2.20 bits per heavy atom. The zero-order valence-corrected chi connectivity index (χ0v) is 45.4. The maximum absolute atomic E-state index is 14.9. The molecule has 11 amide bonds. The number of hydrogen-bond acceptors (Lipinski definition) is 17. The van der Waals surface area contributed by atoms with Crippen LogP contribution in [-0.2, 0) is 63.9 Å². The van der Waals surface area contributed by atoms with Crippen molar-refractivity contribution in [2.24, 2.45) is 11.8 Å². The highest BCUT2D eigenvalue weighted by Crippen LogP contribution is 2.34. The van der Waals surface area contributed by atoms with E-state index in [1.54, 1.807) is 32.0 Å². The molecule has 28 nitrogen and oxygen atoms in total. The fraction of sp³-hybridized carbons (Fsp3) is 0.569. The van der Waals surface area contributed by atoms with Crippen LogP contribution in [0.1, 0.15) is 71.3 Å². The lowest BCUT2D eigenvalue weighted by Gasteiger charge is -2.33. The molecule has 2 unspecified atom stereocenters. The summed E-state index contributed by atoms with van der Waals surface area (Å²) in [5.74, 6) is -11.6. The highest BCUT2D eigenvalue weighted by Gasteiger charge is 2.46. The fourth-order valence-electron chi connectivity index (χ4n) is 9.48. The number of nitrogens with one attached hydrogen (secondary N) is 9. The minimum Gasteiger partial charge on any atom is -0.497 e. The summed E-state index contributed by atoms with van der Waals surface area (Å²) in [6, 6.07) is -4.64. The molecule has 0 radical (unpaired) electrons. The zero-order valence-electron chi connectivity index (χ0n) is 44.6. The highest BCUT2D eigenvalue weighted by atomic mass is 32.2. The Hall–Kier alpha value is -7.79. The number of aliphatic hydroxyl groups excluding tert-OH is 2. The Morgan fingerprint density at radius 2 is 1.52 bits per heavy atom. The van der Waals surface area contributed by atoms with E-state index in [9.17, 15) is 72.9 Å². The molecule has 0 aliphatic carbocycles. The Kier molecular flexibility index (Phi) is 21.8. The highest BCUT2D eigenvalue weighted by molar-refractivity contribution is 7.99. The molecular weight excluding hydrogens is 1070 g/mol. The number of methoxy groups -OCH3 is 1. The number of imide groups is 1. The number of nitrogens with zero attached hydrogens (tertiary/aromatic N) is 2. The van der Waals surface area contributed by atoms with Gasteiger partial charge in [-0.25, -0.2) is 4.79 Å². The summed E-state index contributed by atoms with van der Waals surface area (Å²) in [6.07, 6.45) is -1.89. The van der Waals surface area contributed by atoms with Crippen LogP contribution in [0.3, 0.4) is 0 Å². The Balaban J connectivity index is 1.40. The molecule has 4 aliphatic rings. The fourth-order valence-corrected chi connectivity index (χ4v) is 10.6. The maximum atomic E-state index is 14.9. The van der Waals surface area contributed by atoms with E-state index in [1.165, 1.54) is 26.2 Å². The van der Waals surface area contributed by atoms with Crippen molar-refractivity contribution in [3.63, 3.8) is 0 Å². The zero-order chi connectivity index (χ0) is 58.4. The number of alkyl carbamates (subject to hydrolysis) is 1. The van der Waals surface area contributed by atoms with E-state index < -0.39 is 177 Å².